The summed E-state index contributed by atoms with van der Waals surface area (Å²) in [4.78, 5) is 31.8. The Balaban J connectivity index is 1.57. The molecule has 2 aliphatic heterocycles. The summed E-state index contributed by atoms with van der Waals surface area (Å²) in [6.45, 7) is 0.148. The number of hydrogen-bond donors (Lipinski definition) is 0. The van der Waals surface area contributed by atoms with Crippen molar-refractivity contribution >= 4 is 17.5 Å². The summed E-state index contributed by atoms with van der Waals surface area (Å²) >= 11 is 0. The van der Waals surface area contributed by atoms with Crippen LogP contribution in [0.15, 0.2) is 53.7 Å². The molecule has 4 rings (SSSR count). The van der Waals surface area contributed by atoms with Crippen molar-refractivity contribution in [1.29, 1.82) is 0 Å². The quantitative estimate of drug-likeness (QED) is 0.789. The first-order valence-electron chi connectivity index (χ1n) is 8.06. The minimum atomic E-state index is -0.958. The van der Waals surface area contributed by atoms with Gasteiger partial charge in [-0.15, -0.1) is 0 Å². The molecule has 26 heavy (non-hydrogen) atoms. The van der Waals surface area contributed by atoms with Gasteiger partial charge in [0.15, 0.2) is 0 Å². The van der Waals surface area contributed by atoms with Crippen molar-refractivity contribution in [3.05, 3.63) is 65.5 Å². The average Bonchev–Trinajstić information content (AvgIpc) is 3.19. The Kier molecular flexibility index (Phi) is 3.91. The van der Waals surface area contributed by atoms with E-state index in [0.29, 0.717) is 17.0 Å². The van der Waals surface area contributed by atoms with E-state index in [2.05, 4.69) is 5.16 Å². The summed E-state index contributed by atoms with van der Waals surface area (Å²) in [5, 5.41) is 3.89. The van der Waals surface area contributed by atoms with Crippen LogP contribution in [0.25, 0.3) is 0 Å². The van der Waals surface area contributed by atoms with Crippen LogP contribution >= 0.6 is 0 Å². The number of nitrogens with zero attached hydrogens (tertiary/aromatic N) is 2. The monoisotopic (exact) mass is 354 g/mol. The van der Waals surface area contributed by atoms with E-state index < -0.39 is 17.9 Å². The van der Waals surface area contributed by atoms with Crippen LogP contribution in [-0.2, 0) is 21.0 Å². The Hall–Kier alpha value is -3.22. The number of ether oxygens (including phenoxy) is 1. The molecule has 2 amide bonds. The number of benzene rings is 2. The van der Waals surface area contributed by atoms with Crippen LogP contribution < -0.4 is 4.74 Å². The van der Waals surface area contributed by atoms with Gasteiger partial charge in [-0.3, -0.25) is 14.5 Å². The van der Waals surface area contributed by atoms with E-state index in [4.69, 9.17) is 9.57 Å². The number of oxime groups is 1. The molecule has 0 bridgehead atoms. The Labute approximate surface area is 148 Å². The molecule has 1 fully saturated rings. The molecule has 2 heterocycles. The number of amides is 2. The molecule has 0 aliphatic carbocycles. The Bertz CT molecular complexity index is 893. The molecule has 0 spiro atoms. The van der Waals surface area contributed by atoms with Gasteiger partial charge in [-0.2, -0.15) is 0 Å². The zero-order valence-corrected chi connectivity index (χ0v) is 13.9. The first-order chi connectivity index (χ1) is 12.6. The second-order valence-electron chi connectivity index (χ2n) is 6.10. The molecule has 2 aromatic carbocycles. The van der Waals surface area contributed by atoms with Crippen molar-refractivity contribution in [2.24, 2.45) is 11.1 Å². The standard InChI is InChI=1S/C19H15FN2O4/c1-25-14-8-2-11(3-9-14)10-22-18(23)15-16(21-26-17(15)19(22)24)12-4-6-13(20)7-5-12/h2-9,15,17H,10H2,1H3/t15-,17-/m1/s1. The second kappa shape index (κ2) is 6.25. The first-order valence-corrected chi connectivity index (χ1v) is 8.06. The van der Waals surface area contributed by atoms with E-state index in [9.17, 15) is 14.0 Å². The zero-order chi connectivity index (χ0) is 18.3. The SMILES string of the molecule is COc1ccc(CN2C(=O)[C@@H]3C(c4ccc(F)cc4)=NO[C@H]3C2=O)cc1. The van der Waals surface area contributed by atoms with Gasteiger partial charge >= 0.3 is 0 Å². The Morgan fingerprint density at radius 3 is 2.42 bits per heavy atom. The Morgan fingerprint density at radius 1 is 1.08 bits per heavy atom. The van der Waals surface area contributed by atoms with Gasteiger partial charge < -0.3 is 9.57 Å². The summed E-state index contributed by atoms with van der Waals surface area (Å²) in [6.07, 6.45) is -0.958. The number of halogens is 1. The van der Waals surface area contributed by atoms with Gasteiger partial charge in [0.25, 0.3) is 5.91 Å². The van der Waals surface area contributed by atoms with Crippen LogP contribution in [0.1, 0.15) is 11.1 Å². The number of hydrogen-bond acceptors (Lipinski definition) is 5. The lowest BCUT2D eigenvalue weighted by Gasteiger charge is -2.15. The van der Waals surface area contributed by atoms with Crippen molar-refractivity contribution in [1.82, 2.24) is 4.90 Å². The predicted molar refractivity (Wildman–Crippen MR) is 89.9 cm³/mol. The van der Waals surface area contributed by atoms with Crippen LogP contribution in [0.5, 0.6) is 5.75 Å². The first kappa shape index (κ1) is 16.3. The third-order valence-corrected chi connectivity index (χ3v) is 4.54. The Morgan fingerprint density at radius 2 is 1.77 bits per heavy atom. The molecule has 7 heteroatoms. The van der Waals surface area contributed by atoms with Crippen LogP contribution in [0.4, 0.5) is 4.39 Å². The zero-order valence-electron chi connectivity index (χ0n) is 13.9. The van der Waals surface area contributed by atoms with E-state index in [1.165, 1.54) is 29.2 Å². The summed E-state index contributed by atoms with van der Waals surface area (Å²) in [6, 6.07) is 12.7. The van der Waals surface area contributed by atoms with Gasteiger partial charge in [0, 0.05) is 5.56 Å². The minimum Gasteiger partial charge on any atom is -0.497 e. The fourth-order valence-electron chi connectivity index (χ4n) is 3.16. The molecule has 132 valence electrons. The van der Waals surface area contributed by atoms with Crippen molar-refractivity contribution in [3.63, 3.8) is 0 Å². The van der Waals surface area contributed by atoms with E-state index in [0.717, 1.165) is 5.56 Å². The van der Waals surface area contributed by atoms with E-state index in [1.54, 1.807) is 31.4 Å². The largest absolute Gasteiger partial charge is 0.497 e. The molecule has 2 atom stereocenters. The summed E-state index contributed by atoms with van der Waals surface area (Å²) in [5.74, 6) is -1.28. The number of carbonyl (C=O) groups is 2. The molecular weight excluding hydrogens is 339 g/mol. The van der Waals surface area contributed by atoms with Gasteiger partial charge in [-0.1, -0.05) is 29.4 Å². The normalized spacial score (nSPS) is 21.5. The van der Waals surface area contributed by atoms with Gasteiger partial charge in [-0.25, -0.2) is 4.39 Å². The lowest BCUT2D eigenvalue weighted by molar-refractivity contribution is -0.142. The van der Waals surface area contributed by atoms with Crippen molar-refractivity contribution in [2.75, 3.05) is 7.11 Å². The van der Waals surface area contributed by atoms with Gasteiger partial charge in [-0.05, 0) is 29.8 Å². The van der Waals surface area contributed by atoms with Gasteiger partial charge in [0.2, 0.25) is 12.0 Å². The average molecular weight is 354 g/mol. The molecule has 2 aromatic rings. The number of methoxy groups -OCH3 is 1. The molecule has 6 nitrogen and oxygen atoms in total. The third kappa shape index (κ3) is 2.61. The second-order valence-corrected chi connectivity index (χ2v) is 6.10. The molecule has 0 unspecified atom stereocenters. The highest BCUT2D eigenvalue weighted by Gasteiger charge is 2.55. The number of fused-ring (bicyclic) bond motifs is 1. The van der Waals surface area contributed by atoms with Gasteiger partial charge in [0.1, 0.15) is 23.2 Å². The summed E-state index contributed by atoms with van der Waals surface area (Å²) < 4.78 is 18.2. The van der Waals surface area contributed by atoms with Crippen molar-refractivity contribution < 1.29 is 23.6 Å². The molecule has 2 aliphatic rings. The maximum Gasteiger partial charge on any atom is 0.274 e. The van der Waals surface area contributed by atoms with Crippen molar-refractivity contribution in [3.8, 4) is 5.75 Å². The van der Waals surface area contributed by atoms with Crippen LogP contribution in [0, 0.1) is 11.7 Å². The lowest BCUT2D eigenvalue weighted by Crippen LogP contribution is -2.32. The summed E-state index contributed by atoms with van der Waals surface area (Å²) in [5.41, 5.74) is 1.71. The minimum absolute atomic E-state index is 0.148. The highest BCUT2D eigenvalue weighted by atomic mass is 19.1. The van der Waals surface area contributed by atoms with Crippen LogP contribution in [0.2, 0.25) is 0 Å². The van der Waals surface area contributed by atoms with Crippen molar-refractivity contribution in [2.45, 2.75) is 12.6 Å². The van der Waals surface area contributed by atoms with Crippen LogP contribution in [-0.4, -0.2) is 35.6 Å². The fourth-order valence-corrected chi connectivity index (χ4v) is 3.16. The molecule has 0 N–H and O–H groups in total. The lowest BCUT2D eigenvalue weighted by atomic mass is 9.94. The third-order valence-electron chi connectivity index (χ3n) is 4.54. The number of imide groups is 1. The van der Waals surface area contributed by atoms with E-state index in [-0.39, 0.29) is 18.3 Å². The number of likely N-dealkylation sites (tertiary alicyclic amines) is 1. The van der Waals surface area contributed by atoms with Gasteiger partial charge in [0.05, 0.1) is 13.7 Å². The smallest absolute Gasteiger partial charge is 0.274 e. The topological polar surface area (TPSA) is 68.2 Å². The van der Waals surface area contributed by atoms with E-state index >= 15 is 0 Å². The molecule has 0 radical (unpaired) electrons. The maximum absolute atomic E-state index is 13.1. The predicted octanol–water partition coefficient (Wildman–Crippen LogP) is 2.12. The molecule has 0 aromatic heterocycles. The molecular formula is C19H15FN2O4. The number of carbonyl (C=O) groups excluding carboxylic acids is 2. The highest BCUT2D eigenvalue weighted by molar-refractivity contribution is 6.23. The molecule has 0 saturated carbocycles. The number of rotatable bonds is 4. The van der Waals surface area contributed by atoms with Crippen LogP contribution in [0.3, 0.4) is 0 Å². The molecule has 1 saturated heterocycles. The fraction of sp³-hybridized carbons (Fsp3) is 0.211. The maximum atomic E-state index is 13.1. The highest BCUT2D eigenvalue weighted by Crippen LogP contribution is 2.33. The summed E-state index contributed by atoms with van der Waals surface area (Å²) in [7, 11) is 1.57. The van der Waals surface area contributed by atoms with E-state index in [1.807, 2.05) is 0 Å².